The third kappa shape index (κ3) is 2.81. The van der Waals surface area contributed by atoms with Crippen molar-refractivity contribution in [1.82, 2.24) is 19.4 Å². The Morgan fingerprint density at radius 2 is 1.97 bits per heavy atom. The van der Waals surface area contributed by atoms with Crippen LogP contribution in [0.4, 0.5) is 5.69 Å². The Hall–Kier alpha value is -3.79. The zero-order valence-corrected chi connectivity index (χ0v) is 16.1. The van der Waals surface area contributed by atoms with E-state index < -0.39 is 0 Å². The minimum absolute atomic E-state index is 0.0148. The molecule has 0 atom stereocenters. The van der Waals surface area contributed by atoms with Gasteiger partial charge in [0.2, 0.25) is 0 Å². The zero-order chi connectivity index (χ0) is 20.0. The van der Waals surface area contributed by atoms with Crippen LogP contribution < -0.4 is 4.90 Å². The molecule has 7 heteroatoms. The molecule has 1 N–H and O–H groups in total. The van der Waals surface area contributed by atoms with E-state index in [4.69, 9.17) is 0 Å². The third-order valence-electron chi connectivity index (χ3n) is 5.65. The predicted molar refractivity (Wildman–Crippen MR) is 112 cm³/mol. The first kappa shape index (κ1) is 17.3. The third-order valence-corrected chi connectivity index (χ3v) is 5.65. The number of pyridine rings is 1. The van der Waals surface area contributed by atoms with Crippen molar-refractivity contribution < 1.29 is 4.79 Å². The summed E-state index contributed by atoms with van der Waals surface area (Å²) in [7, 11) is 1.97. The molecule has 4 heterocycles. The van der Waals surface area contributed by atoms with Crippen LogP contribution in [0.2, 0.25) is 0 Å². The number of fused-ring (bicyclic) bond motifs is 2. The lowest BCUT2D eigenvalue weighted by atomic mass is 10.1. The first-order chi connectivity index (χ1) is 14.2. The number of piperazine rings is 1. The number of hydrogen-bond acceptors (Lipinski definition) is 4. The van der Waals surface area contributed by atoms with Gasteiger partial charge < -0.3 is 19.4 Å². The van der Waals surface area contributed by atoms with E-state index in [1.807, 2.05) is 59.1 Å². The van der Waals surface area contributed by atoms with Crippen LogP contribution in [0, 0.1) is 11.3 Å². The van der Waals surface area contributed by atoms with Crippen LogP contribution in [-0.4, -0.2) is 51.5 Å². The van der Waals surface area contributed by atoms with E-state index in [0.717, 1.165) is 27.6 Å². The summed E-state index contributed by atoms with van der Waals surface area (Å²) in [4.78, 5) is 24.6. The fraction of sp³-hybridized carbons (Fsp3) is 0.227. The van der Waals surface area contributed by atoms with Gasteiger partial charge in [-0.15, -0.1) is 0 Å². The number of benzene rings is 1. The van der Waals surface area contributed by atoms with Gasteiger partial charge in [-0.25, -0.2) is 0 Å². The van der Waals surface area contributed by atoms with Crippen molar-refractivity contribution in [2.45, 2.75) is 0 Å². The fourth-order valence-electron chi connectivity index (χ4n) is 4.11. The molecule has 1 aromatic carbocycles. The van der Waals surface area contributed by atoms with Crippen LogP contribution in [0.15, 0.2) is 48.8 Å². The highest BCUT2D eigenvalue weighted by molar-refractivity contribution is 5.98. The summed E-state index contributed by atoms with van der Waals surface area (Å²) < 4.78 is 2.00. The van der Waals surface area contributed by atoms with Crippen LogP contribution in [0.5, 0.6) is 0 Å². The minimum atomic E-state index is 0.0148. The van der Waals surface area contributed by atoms with Gasteiger partial charge in [0.05, 0.1) is 27.8 Å². The second kappa shape index (κ2) is 6.67. The maximum Gasteiger partial charge on any atom is 0.270 e. The summed E-state index contributed by atoms with van der Waals surface area (Å²) in [5, 5.41) is 10.6. The average molecular weight is 384 g/mol. The molecule has 0 radical (unpaired) electrons. The number of nitriles is 1. The summed E-state index contributed by atoms with van der Waals surface area (Å²) in [5.74, 6) is 0.0148. The van der Waals surface area contributed by atoms with Gasteiger partial charge in [0, 0.05) is 51.0 Å². The van der Waals surface area contributed by atoms with E-state index in [1.54, 1.807) is 6.20 Å². The largest absolute Gasteiger partial charge is 0.366 e. The molecule has 5 rings (SSSR count). The number of nitrogens with one attached hydrogen (secondary N) is 1. The number of nitrogens with zero attached hydrogens (tertiary/aromatic N) is 5. The summed E-state index contributed by atoms with van der Waals surface area (Å²) in [6.45, 7) is 2.56. The molecule has 7 nitrogen and oxygen atoms in total. The van der Waals surface area contributed by atoms with Crippen LogP contribution in [0.1, 0.15) is 16.1 Å². The van der Waals surface area contributed by atoms with Gasteiger partial charge >= 0.3 is 0 Å². The summed E-state index contributed by atoms with van der Waals surface area (Å²) >= 11 is 0. The highest BCUT2D eigenvalue weighted by Gasteiger charge is 2.26. The number of carbonyl (C=O) groups excluding carboxylic acids is 1. The van der Waals surface area contributed by atoms with Gasteiger partial charge in [0.25, 0.3) is 5.91 Å². The normalized spacial score (nSPS) is 14.5. The molecule has 1 fully saturated rings. The van der Waals surface area contributed by atoms with Crippen LogP contribution in [0.25, 0.3) is 21.9 Å². The number of carbonyl (C=O) groups is 1. The second-order valence-electron chi connectivity index (χ2n) is 7.34. The Morgan fingerprint density at radius 1 is 1.17 bits per heavy atom. The summed E-state index contributed by atoms with van der Waals surface area (Å²) in [5.41, 5.74) is 4.96. The number of para-hydroxylation sites is 1. The van der Waals surface area contributed by atoms with E-state index in [2.05, 4.69) is 20.9 Å². The molecule has 0 bridgehead atoms. The van der Waals surface area contributed by atoms with Crippen molar-refractivity contribution in [1.29, 1.82) is 5.26 Å². The minimum Gasteiger partial charge on any atom is -0.366 e. The van der Waals surface area contributed by atoms with Crippen molar-refractivity contribution >= 4 is 33.5 Å². The molecule has 1 saturated heterocycles. The van der Waals surface area contributed by atoms with Gasteiger partial charge in [-0.1, -0.05) is 18.2 Å². The molecular formula is C22H20N6O. The number of aryl methyl sites for hydroxylation is 1. The van der Waals surface area contributed by atoms with Gasteiger partial charge in [0.1, 0.15) is 11.8 Å². The zero-order valence-electron chi connectivity index (χ0n) is 16.1. The van der Waals surface area contributed by atoms with Crippen LogP contribution >= 0.6 is 0 Å². The molecule has 29 heavy (non-hydrogen) atoms. The molecule has 0 aliphatic carbocycles. The molecule has 144 valence electrons. The lowest BCUT2D eigenvalue weighted by Gasteiger charge is -2.36. The maximum absolute atomic E-state index is 13.0. The van der Waals surface area contributed by atoms with Crippen LogP contribution in [-0.2, 0) is 7.05 Å². The molecule has 1 amide bonds. The molecule has 3 aromatic heterocycles. The van der Waals surface area contributed by atoms with E-state index in [9.17, 15) is 10.1 Å². The van der Waals surface area contributed by atoms with Gasteiger partial charge in [-0.05, 0) is 18.2 Å². The van der Waals surface area contributed by atoms with Crippen molar-refractivity contribution in [3.8, 4) is 6.07 Å². The van der Waals surface area contributed by atoms with Crippen molar-refractivity contribution in [2.24, 2.45) is 7.05 Å². The number of hydrogen-bond donors (Lipinski definition) is 1. The number of amides is 1. The van der Waals surface area contributed by atoms with Crippen molar-refractivity contribution in [2.75, 3.05) is 31.1 Å². The molecule has 0 spiro atoms. The van der Waals surface area contributed by atoms with Gasteiger partial charge in [-0.3, -0.25) is 9.78 Å². The fourth-order valence-corrected chi connectivity index (χ4v) is 4.11. The highest BCUT2D eigenvalue weighted by atomic mass is 16.2. The number of aromatic amines is 1. The molecular weight excluding hydrogens is 364 g/mol. The smallest absolute Gasteiger partial charge is 0.270 e. The van der Waals surface area contributed by atoms with Crippen LogP contribution in [0.3, 0.4) is 0 Å². The van der Waals surface area contributed by atoms with Gasteiger partial charge in [-0.2, -0.15) is 5.26 Å². The first-order valence-electron chi connectivity index (χ1n) is 9.62. The lowest BCUT2D eigenvalue weighted by molar-refractivity contribution is 0.0742. The monoisotopic (exact) mass is 384 g/mol. The molecule has 1 aliphatic rings. The molecule has 0 unspecified atom stereocenters. The van der Waals surface area contributed by atoms with Gasteiger partial charge in [0.15, 0.2) is 0 Å². The highest BCUT2D eigenvalue weighted by Crippen LogP contribution is 2.30. The Balaban J connectivity index is 1.39. The standard InChI is InChI=1S/C22H20N6O/c1-26-7-6-18-20(26)12-19(25-18)22(29)28-10-8-27(9-11-28)21-15(13-23)14-24-17-5-3-2-4-16(17)21/h2-7,12,14,25H,8-11H2,1H3. The van der Waals surface area contributed by atoms with Crippen molar-refractivity contribution in [3.05, 3.63) is 60.0 Å². The number of H-pyrrole nitrogens is 1. The Bertz CT molecular complexity index is 1270. The number of rotatable bonds is 2. The molecule has 4 aromatic rings. The maximum atomic E-state index is 13.0. The Morgan fingerprint density at radius 3 is 2.72 bits per heavy atom. The van der Waals surface area contributed by atoms with E-state index in [0.29, 0.717) is 37.4 Å². The van der Waals surface area contributed by atoms with Crippen molar-refractivity contribution in [3.63, 3.8) is 0 Å². The van der Waals surface area contributed by atoms with E-state index in [1.165, 1.54) is 0 Å². The van der Waals surface area contributed by atoms with E-state index >= 15 is 0 Å². The summed E-state index contributed by atoms with van der Waals surface area (Å²) in [6, 6.07) is 14.0. The molecule has 1 aliphatic heterocycles. The molecule has 0 saturated carbocycles. The number of aromatic nitrogens is 3. The first-order valence-corrected chi connectivity index (χ1v) is 9.62. The summed E-state index contributed by atoms with van der Waals surface area (Å²) in [6.07, 6.45) is 3.61. The second-order valence-corrected chi connectivity index (χ2v) is 7.34. The quantitative estimate of drug-likeness (QED) is 0.576. The lowest BCUT2D eigenvalue weighted by Crippen LogP contribution is -2.49. The SMILES string of the molecule is Cn1ccc2[nH]c(C(=O)N3CCN(c4c(C#N)cnc5ccccc45)CC3)cc21. The predicted octanol–water partition coefficient (Wildman–Crippen LogP) is 2.89. The van der Waals surface area contributed by atoms with E-state index in [-0.39, 0.29) is 5.91 Å². The topological polar surface area (TPSA) is 81.0 Å². The average Bonchev–Trinajstić information content (AvgIpc) is 3.34. The Kier molecular flexibility index (Phi) is 3.98. The number of anilines is 1. The Labute approximate surface area is 167 Å².